The predicted molar refractivity (Wildman–Crippen MR) is 108 cm³/mol. The van der Waals surface area contributed by atoms with Crippen LogP contribution in [0.3, 0.4) is 0 Å². The standard InChI is InChI=1S/C20H26N2O4S/c1-2-17-3-9-20(10-4-17)26-15-16-27(23,24)21-18-5-7-19(8-6-18)22-11-13-25-14-12-22/h3-10,21H,2,11-16H2,1H3. The van der Waals surface area contributed by atoms with E-state index in [-0.39, 0.29) is 12.4 Å². The van der Waals surface area contributed by atoms with E-state index < -0.39 is 10.0 Å². The summed E-state index contributed by atoms with van der Waals surface area (Å²) in [4.78, 5) is 2.22. The number of hydrogen-bond donors (Lipinski definition) is 1. The number of aryl methyl sites for hydroxylation is 1. The minimum absolute atomic E-state index is 0.103. The van der Waals surface area contributed by atoms with Gasteiger partial charge in [-0.25, -0.2) is 8.42 Å². The highest BCUT2D eigenvalue weighted by atomic mass is 32.2. The number of hydrogen-bond acceptors (Lipinski definition) is 5. The van der Waals surface area contributed by atoms with Gasteiger partial charge in [0.15, 0.2) is 0 Å². The van der Waals surface area contributed by atoms with E-state index in [1.165, 1.54) is 5.56 Å². The van der Waals surface area contributed by atoms with E-state index in [1.807, 2.05) is 36.4 Å². The van der Waals surface area contributed by atoms with Gasteiger partial charge in [-0.05, 0) is 48.4 Å². The first-order valence-electron chi connectivity index (χ1n) is 9.21. The van der Waals surface area contributed by atoms with Crippen LogP contribution in [-0.4, -0.2) is 47.1 Å². The van der Waals surface area contributed by atoms with Gasteiger partial charge >= 0.3 is 0 Å². The number of benzene rings is 2. The first-order valence-corrected chi connectivity index (χ1v) is 10.9. The van der Waals surface area contributed by atoms with E-state index >= 15 is 0 Å². The lowest BCUT2D eigenvalue weighted by Crippen LogP contribution is -2.36. The number of morpholine rings is 1. The van der Waals surface area contributed by atoms with Crippen molar-refractivity contribution in [1.29, 1.82) is 0 Å². The van der Waals surface area contributed by atoms with E-state index in [2.05, 4.69) is 16.5 Å². The van der Waals surface area contributed by atoms with Crippen LogP contribution in [0.15, 0.2) is 48.5 Å². The molecule has 0 saturated carbocycles. The molecule has 3 rings (SSSR count). The Labute approximate surface area is 161 Å². The van der Waals surface area contributed by atoms with Crippen molar-refractivity contribution < 1.29 is 17.9 Å². The summed E-state index contributed by atoms with van der Waals surface area (Å²) >= 11 is 0. The van der Waals surface area contributed by atoms with Crippen molar-refractivity contribution in [3.8, 4) is 5.75 Å². The van der Waals surface area contributed by atoms with Crippen LogP contribution in [-0.2, 0) is 21.2 Å². The normalized spacial score (nSPS) is 14.8. The van der Waals surface area contributed by atoms with Crippen molar-refractivity contribution in [2.24, 2.45) is 0 Å². The highest BCUT2D eigenvalue weighted by molar-refractivity contribution is 7.92. The van der Waals surface area contributed by atoms with Crippen molar-refractivity contribution >= 4 is 21.4 Å². The summed E-state index contributed by atoms with van der Waals surface area (Å²) in [5.74, 6) is 0.575. The second-order valence-corrected chi connectivity index (χ2v) is 8.26. The molecule has 0 bridgehead atoms. The molecule has 0 radical (unpaired) electrons. The van der Waals surface area contributed by atoms with Crippen LogP contribution in [0.2, 0.25) is 0 Å². The van der Waals surface area contributed by atoms with Gasteiger partial charge < -0.3 is 14.4 Å². The molecule has 0 unspecified atom stereocenters. The molecular formula is C20H26N2O4S. The van der Waals surface area contributed by atoms with Gasteiger partial charge in [0.2, 0.25) is 10.0 Å². The van der Waals surface area contributed by atoms with Gasteiger partial charge in [-0.3, -0.25) is 4.72 Å². The van der Waals surface area contributed by atoms with Crippen LogP contribution in [0, 0.1) is 0 Å². The van der Waals surface area contributed by atoms with Gasteiger partial charge in [-0.2, -0.15) is 0 Å². The largest absolute Gasteiger partial charge is 0.492 e. The predicted octanol–water partition coefficient (Wildman–Crippen LogP) is 2.91. The van der Waals surface area contributed by atoms with Crippen LogP contribution < -0.4 is 14.4 Å². The van der Waals surface area contributed by atoms with Gasteiger partial charge in [0.1, 0.15) is 18.1 Å². The Morgan fingerprint density at radius 2 is 1.70 bits per heavy atom. The molecule has 1 heterocycles. The van der Waals surface area contributed by atoms with E-state index in [0.717, 1.165) is 38.4 Å². The van der Waals surface area contributed by atoms with E-state index in [0.29, 0.717) is 11.4 Å². The molecule has 1 saturated heterocycles. The fourth-order valence-corrected chi connectivity index (χ4v) is 3.78. The molecule has 2 aromatic carbocycles. The first-order chi connectivity index (χ1) is 13.1. The number of nitrogens with zero attached hydrogens (tertiary/aromatic N) is 1. The lowest BCUT2D eigenvalue weighted by atomic mass is 10.2. The molecule has 0 aromatic heterocycles. The molecule has 146 valence electrons. The summed E-state index contributed by atoms with van der Waals surface area (Å²) < 4.78 is 38.0. The van der Waals surface area contributed by atoms with Gasteiger partial charge in [0.25, 0.3) is 0 Å². The summed E-state index contributed by atoms with van der Waals surface area (Å²) in [6, 6.07) is 15.1. The Morgan fingerprint density at radius 1 is 1.04 bits per heavy atom. The fourth-order valence-electron chi connectivity index (χ4n) is 2.88. The molecule has 1 N–H and O–H groups in total. The van der Waals surface area contributed by atoms with Crippen molar-refractivity contribution in [2.45, 2.75) is 13.3 Å². The molecule has 0 spiro atoms. The van der Waals surface area contributed by atoms with Gasteiger partial charge in [0.05, 0.1) is 13.2 Å². The lowest BCUT2D eigenvalue weighted by Gasteiger charge is -2.28. The molecule has 7 heteroatoms. The van der Waals surface area contributed by atoms with E-state index in [9.17, 15) is 8.42 Å². The van der Waals surface area contributed by atoms with Crippen molar-refractivity contribution in [3.63, 3.8) is 0 Å². The Hall–Kier alpha value is -2.25. The van der Waals surface area contributed by atoms with Crippen LogP contribution in [0.4, 0.5) is 11.4 Å². The average molecular weight is 391 g/mol. The molecular weight excluding hydrogens is 364 g/mol. The number of nitrogens with one attached hydrogen (secondary N) is 1. The SMILES string of the molecule is CCc1ccc(OCCS(=O)(=O)Nc2ccc(N3CCOCC3)cc2)cc1. The van der Waals surface area contributed by atoms with Crippen LogP contribution in [0.1, 0.15) is 12.5 Å². The van der Waals surface area contributed by atoms with Gasteiger partial charge in [-0.15, -0.1) is 0 Å². The molecule has 27 heavy (non-hydrogen) atoms. The smallest absolute Gasteiger partial charge is 0.236 e. The Balaban J connectivity index is 1.49. The molecule has 1 aliphatic rings. The second-order valence-electron chi connectivity index (χ2n) is 6.41. The van der Waals surface area contributed by atoms with Crippen molar-refractivity contribution in [2.75, 3.05) is 48.3 Å². The molecule has 2 aromatic rings. The zero-order valence-electron chi connectivity index (χ0n) is 15.6. The van der Waals surface area contributed by atoms with Crippen LogP contribution in [0.5, 0.6) is 5.75 Å². The summed E-state index contributed by atoms with van der Waals surface area (Å²) in [5.41, 5.74) is 2.84. The third-order valence-corrected chi connectivity index (χ3v) is 5.72. The molecule has 0 amide bonds. The molecule has 1 fully saturated rings. The Kier molecular flexibility index (Phi) is 6.58. The maximum atomic E-state index is 12.3. The molecule has 6 nitrogen and oxygen atoms in total. The zero-order valence-corrected chi connectivity index (χ0v) is 16.4. The Morgan fingerprint density at radius 3 is 2.33 bits per heavy atom. The summed E-state index contributed by atoms with van der Waals surface area (Å²) in [6.45, 7) is 5.32. The third kappa shape index (κ3) is 5.87. The quantitative estimate of drug-likeness (QED) is 0.751. The van der Waals surface area contributed by atoms with E-state index in [1.54, 1.807) is 12.1 Å². The number of anilines is 2. The number of sulfonamides is 1. The topological polar surface area (TPSA) is 67.9 Å². The van der Waals surface area contributed by atoms with Crippen LogP contribution in [0.25, 0.3) is 0 Å². The molecule has 0 atom stereocenters. The van der Waals surface area contributed by atoms with Crippen LogP contribution >= 0.6 is 0 Å². The first kappa shape index (κ1) is 19.5. The maximum Gasteiger partial charge on any atom is 0.236 e. The monoisotopic (exact) mass is 390 g/mol. The van der Waals surface area contributed by atoms with Gasteiger partial charge in [-0.1, -0.05) is 19.1 Å². The lowest BCUT2D eigenvalue weighted by molar-refractivity contribution is 0.122. The summed E-state index contributed by atoms with van der Waals surface area (Å²) in [7, 11) is -3.46. The Bertz CT molecular complexity index is 814. The average Bonchev–Trinajstić information content (AvgIpc) is 2.69. The number of ether oxygens (including phenoxy) is 2. The van der Waals surface area contributed by atoms with Crippen molar-refractivity contribution in [1.82, 2.24) is 0 Å². The minimum Gasteiger partial charge on any atom is -0.492 e. The minimum atomic E-state index is -3.46. The number of rotatable bonds is 8. The maximum absolute atomic E-state index is 12.3. The summed E-state index contributed by atoms with van der Waals surface area (Å²) in [5, 5.41) is 0. The third-order valence-electron chi connectivity index (χ3n) is 4.47. The van der Waals surface area contributed by atoms with Crippen molar-refractivity contribution in [3.05, 3.63) is 54.1 Å². The second kappa shape index (κ2) is 9.10. The highest BCUT2D eigenvalue weighted by Gasteiger charge is 2.13. The fraction of sp³-hybridized carbons (Fsp3) is 0.400. The summed E-state index contributed by atoms with van der Waals surface area (Å²) in [6.07, 6.45) is 0.961. The zero-order chi connectivity index (χ0) is 19.1. The van der Waals surface area contributed by atoms with Gasteiger partial charge in [0, 0.05) is 24.5 Å². The van der Waals surface area contributed by atoms with E-state index in [4.69, 9.17) is 9.47 Å². The molecule has 1 aliphatic heterocycles. The highest BCUT2D eigenvalue weighted by Crippen LogP contribution is 2.20. The molecule has 0 aliphatic carbocycles.